The second-order valence-electron chi connectivity index (χ2n) is 6.89. The fraction of sp³-hybridized carbons (Fsp3) is 0.450. The Bertz CT molecular complexity index is 802. The first-order valence-corrected chi connectivity index (χ1v) is 10.2. The maximum Gasteiger partial charge on any atom is 0.264 e. The molecule has 0 bridgehead atoms. The molecule has 0 saturated carbocycles. The Balaban J connectivity index is 1.45. The molecule has 2 aromatic rings. The lowest BCUT2D eigenvalue weighted by Crippen LogP contribution is -2.40. The quantitative estimate of drug-likeness (QED) is 0.811. The van der Waals surface area contributed by atoms with E-state index in [9.17, 15) is 9.59 Å². The SMILES string of the molecule is O=C(c1ccc([C@@H]2CCCN2C(=O)Cc2cccnc2)s1)N1CCOCC1. The molecule has 0 N–H and O–H groups in total. The number of ether oxygens (including phenoxy) is 1. The molecule has 0 spiro atoms. The summed E-state index contributed by atoms with van der Waals surface area (Å²) in [5.74, 6) is 0.195. The predicted molar refractivity (Wildman–Crippen MR) is 103 cm³/mol. The number of pyridine rings is 1. The minimum absolute atomic E-state index is 0.0702. The van der Waals surface area contributed by atoms with Crippen LogP contribution in [-0.4, -0.2) is 59.4 Å². The monoisotopic (exact) mass is 385 g/mol. The Labute approximate surface area is 162 Å². The summed E-state index contributed by atoms with van der Waals surface area (Å²) in [6.07, 6.45) is 5.77. The van der Waals surface area contributed by atoms with E-state index < -0.39 is 0 Å². The summed E-state index contributed by atoms with van der Waals surface area (Å²) in [4.78, 5) is 35.2. The number of rotatable bonds is 4. The van der Waals surface area contributed by atoms with Crippen LogP contribution < -0.4 is 0 Å². The van der Waals surface area contributed by atoms with Gasteiger partial charge in [0.15, 0.2) is 0 Å². The molecule has 2 fully saturated rings. The van der Waals surface area contributed by atoms with Crippen molar-refractivity contribution < 1.29 is 14.3 Å². The number of hydrogen-bond acceptors (Lipinski definition) is 5. The molecule has 2 saturated heterocycles. The van der Waals surface area contributed by atoms with Crippen molar-refractivity contribution in [1.29, 1.82) is 0 Å². The van der Waals surface area contributed by atoms with Gasteiger partial charge in [-0.15, -0.1) is 11.3 Å². The first-order chi connectivity index (χ1) is 13.2. The fourth-order valence-electron chi connectivity index (χ4n) is 3.71. The Morgan fingerprint density at radius 2 is 2.04 bits per heavy atom. The van der Waals surface area contributed by atoms with Crippen molar-refractivity contribution in [2.45, 2.75) is 25.3 Å². The fourth-order valence-corrected chi connectivity index (χ4v) is 4.83. The van der Waals surface area contributed by atoms with E-state index in [-0.39, 0.29) is 17.9 Å². The number of carbonyl (C=O) groups is 2. The van der Waals surface area contributed by atoms with E-state index in [4.69, 9.17) is 4.74 Å². The van der Waals surface area contributed by atoms with Crippen LogP contribution in [0.25, 0.3) is 0 Å². The van der Waals surface area contributed by atoms with Gasteiger partial charge < -0.3 is 14.5 Å². The van der Waals surface area contributed by atoms with Crippen LogP contribution in [0.5, 0.6) is 0 Å². The lowest BCUT2D eigenvalue weighted by atomic mass is 10.1. The van der Waals surface area contributed by atoms with Crippen LogP contribution in [0.3, 0.4) is 0 Å². The highest BCUT2D eigenvalue weighted by molar-refractivity contribution is 7.14. The van der Waals surface area contributed by atoms with Gasteiger partial charge in [-0.1, -0.05) is 6.07 Å². The number of morpholine rings is 1. The molecule has 142 valence electrons. The number of aromatic nitrogens is 1. The number of likely N-dealkylation sites (tertiary alicyclic amines) is 1. The van der Waals surface area contributed by atoms with Crippen LogP contribution in [0.1, 0.15) is 39.0 Å². The zero-order valence-electron chi connectivity index (χ0n) is 15.2. The number of hydrogen-bond donors (Lipinski definition) is 0. The molecule has 7 heteroatoms. The summed E-state index contributed by atoms with van der Waals surface area (Å²) >= 11 is 1.52. The molecule has 0 radical (unpaired) electrons. The van der Waals surface area contributed by atoms with Crippen molar-refractivity contribution in [3.05, 3.63) is 52.0 Å². The highest BCUT2D eigenvalue weighted by Gasteiger charge is 2.31. The minimum Gasteiger partial charge on any atom is -0.378 e. The van der Waals surface area contributed by atoms with Crippen LogP contribution in [0.2, 0.25) is 0 Å². The first-order valence-electron chi connectivity index (χ1n) is 9.37. The van der Waals surface area contributed by atoms with E-state index in [2.05, 4.69) is 4.98 Å². The summed E-state index contributed by atoms with van der Waals surface area (Å²) < 4.78 is 5.32. The summed E-state index contributed by atoms with van der Waals surface area (Å²) in [5, 5.41) is 0. The zero-order chi connectivity index (χ0) is 18.6. The second kappa shape index (κ2) is 8.19. The smallest absolute Gasteiger partial charge is 0.264 e. The van der Waals surface area contributed by atoms with Gasteiger partial charge in [0, 0.05) is 36.9 Å². The van der Waals surface area contributed by atoms with Gasteiger partial charge in [-0.2, -0.15) is 0 Å². The van der Waals surface area contributed by atoms with Gasteiger partial charge in [0.1, 0.15) is 0 Å². The zero-order valence-corrected chi connectivity index (χ0v) is 16.0. The largest absolute Gasteiger partial charge is 0.378 e. The molecule has 2 aliphatic rings. The maximum absolute atomic E-state index is 12.8. The van der Waals surface area contributed by atoms with Crippen molar-refractivity contribution >= 4 is 23.2 Å². The Kier molecular flexibility index (Phi) is 5.50. The van der Waals surface area contributed by atoms with Gasteiger partial charge >= 0.3 is 0 Å². The molecule has 2 amide bonds. The van der Waals surface area contributed by atoms with Crippen molar-refractivity contribution in [1.82, 2.24) is 14.8 Å². The molecular weight excluding hydrogens is 362 g/mol. The lowest BCUT2D eigenvalue weighted by molar-refractivity contribution is -0.131. The third-order valence-corrected chi connectivity index (χ3v) is 6.29. The molecule has 2 aliphatic heterocycles. The molecule has 2 aromatic heterocycles. The van der Waals surface area contributed by atoms with E-state index in [0.29, 0.717) is 32.7 Å². The molecule has 4 heterocycles. The van der Waals surface area contributed by atoms with Crippen molar-refractivity contribution in [2.24, 2.45) is 0 Å². The number of carbonyl (C=O) groups excluding carboxylic acids is 2. The van der Waals surface area contributed by atoms with E-state index in [1.807, 2.05) is 34.1 Å². The minimum atomic E-state index is 0.0702. The topological polar surface area (TPSA) is 62.7 Å². The Morgan fingerprint density at radius 1 is 1.19 bits per heavy atom. The van der Waals surface area contributed by atoms with Crippen molar-refractivity contribution in [2.75, 3.05) is 32.8 Å². The highest BCUT2D eigenvalue weighted by Crippen LogP contribution is 2.36. The Hall–Kier alpha value is -2.25. The molecule has 0 aromatic carbocycles. The molecule has 0 aliphatic carbocycles. The number of thiophene rings is 1. The van der Waals surface area contributed by atoms with Crippen LogP contribution >= 0.6 is 11.3 Å². The molecule has 0 unspecified atom stereocenters. The summed E-state index contributed by atoms with van der Waals surface area (Å²) in [6, 6.07) is 7.77. The third kappa shape index (κ3) is 4.04. The predicted octanol–water partition coefficient (Wildman–Crippen LogP) is 2.52. The summed E-state index contributed by atoms with van der Waals surface area (Å²) in [6.45, 7) is 3.26. The normalized spacial score (nSPS) is 20.1. The maximum atomic E-state index is 12.8. The van der Waals surface area contributed by atoms with Crippen molar-refractivity contribution in [3.8, 4) is 0 Å². The standard InChI is InChI=1S/C20H23N3O3S/c24-19(13-15-3-1-7-21-14-15)23-8-2-4-16(23)17-5-6-18(27-17)20(25)22-9-11-26-12-10-22/h1,3,5-7,14,16H,2,4,8-13H2/t16-/m0/s1. The van der Waals surface area contributed by atoms with Crippen molar-refractivity contribution in [3.63, 3.8) is 0 Å². The van der Waals surface area contributed by atoms with E-state index in [1.54, 1.807) is 12.4 Å². The van der Waals surface area contributed by atoms with Gasteiger partial charge in [-0.05, 0) is 36.6 Å². The molecule has 27 heavy (non-hydrogen) atoms. The van der Waals surface area contributed by atoms with Crippen LogP contribution in [0.15, 0.2) is 36.7 Å². The van der Waals surface area contributed by atoms with Crippen LogP contribution in [0, 0.1) is 0 Å². The highest BCUT2D eigenvalue weighted by atomic mass is 32.1. The van der Waals surface area contributed by atoms with Gasteiger partial charge in [0.05, 0.1) is 30.6 Å². The lowest BCUT2D eigenvalue weighted by Gasteiger charge is -2.26. The number of nitrogens with zero attached hydrogens (tertiary/aromatic N) is 3. The molecular formula is C20H23N3O3S. The summed E-state index contributed by atoms with van der Waals surface area (Å²) in [5.41, 5.74) is 0.933. The summed E-state index contributed by atoms with van der Waals surface area (Å²) in [7, 11) is 0. The van der Waals surface area contributed by atoms with E-state index in [0.717, 1.165) is 34.7 Å². The average Bonchev–Trinajstić information content (AvgIpc) is 3.38. The van der Waals surface area contributed by atoms with Crippen LogP contribution in [0.4, 0.5) is 0 Å². The van der Waals surface area contributed by atoms with Gasteiger partial charge in [0.25, 0.3) is 5.91 Å². The van der Waals surface area contributed by atoms with Gasteiger partial charge in [0.2, 0.25) is 5.91 Å². The van der Waals surface area contributed by atoms with E-state index >= 15 is 0 Å². The molecule has 6 nitrogen and oxygen atoms in total. The number of amides is 2. The Morgan fingerprint density at radius 3 is 2.81 bits per heavy atom. The first kappa shape index (κ1) is 18.1. The average molecular weight is 385 g/mol. The van der Waals surface area contributed by atoms with Crippen LogP contribution in [-0.2, 0) is 16.0 Å². The third-order valence-electron chi connectivity index (χ3n) is 5.12. The van der Waals surface area contributed by atoms with Gasteiger partial charge in [-0.25, -0.2) is 0 Å². The molecule has 1 atom stereocenters. The van der Waals surface area contributed by atoms with E-state index in [1.165, 1.54) is 11.3 Å². The second-order valence-corrected chi connectivity index (χ2v) is 8.01. The molecule has 4 rings (SSSR count). The van der Waals surface area contributed by atoms with Gasteiger partial charge in [-0.3, -0.25) is 14.6 Å².